The van der Waals surface area contributed by atoms with Crippen LogP contribution in [-0.2, 0) is 10.0 Å². The fourth-order valence-corrected chi connectivity index (χ4v) is 3.36. The molecule has 0 radical (unpaired) electrons. The summed E-state index contributed by atoms with van der Waals surface area (Å²) < 4.78 is 36.8. The smallest absolute Gasteiger partial charge is 0.211 e. The Morgan fingerprint density at radius 3 is 2.57 bits per heavy atom. The van der Waals surface area contributed by atoms with Crippen molar-refractivity contribution < 1.29 is 17.9 Å². The SMILES string of the molecule is CS(=O)(=O)N1C[C@@H]2C[C@H](F)[C@H](O)[C@@H]2C1. The van der Waals surface area contributed by atoms with E-state index in [2.05, 4.69) is 0 Å². The Morgan fingerprint density at radius 2 is 2.07 bits per heavy atom. The molecular formula is C8H14FNO3S. The first-order valence-electron chi connectivity index (χ1n) is 4.67. The molecule has 0 aromatic carbocycles. The zero-order valence-corrected chi connectivity index (χ0v) is 8.74. The van der Waals surface area contributed by atoms with Crippen LogP contribution in [0.4, 0.5) is 4.39 Å². The molecule has 4 nitrogen and oxygen atoms in total. The minimum atomic E-state index is -3.19. The van der Waals surface area contributed by atoms with Crippen molar-refractivity contribution in [2.24, 2.45) is 11.8 Å². The molecule has 0 bridgehead atoms. The molecule has 0 spiro atoms. The van der Waals surface area contributed by atoms with E-state index < -0.39 is 22.3 Å². The zero-order chi connectivity index (χ0) is 10.5. The van der Waals surface area contributed by atoms with Crippen molar-refractivity contribution in [2.75, 3.05) is 19.3 Å². The fourth-order valence-electron chi connectivity index (χ4n) is 2.46. The van der Waals surface area contributed by atoms with E-state index in [0.717, 1.165) is 6.26 Å². The molecule has 2 aliphatic rings. The molecule has 1 N–H and O–H groups in total. The molecule has 0 amide bonds. The second kappa shape index (κ2) is 3.15. The maximum Gasteiger partial charge on any atom is 0.211 e. The second-order valence-corrected chi connectivity index (χ2v) is 6.23. The molecule has 6 heteroatoms. The first-order chi connectivity index (χ1) is 6.39. The highest BCUT2D eigenvalue weighted by atomic mass is 32.2. The van der Waals surface area contributed by atoms with Crippen LogP contribution >= 0.6 is 0 Å². The van der Waals surface area contributed by atoms with E-state index in [4.69, 9.17) is 0 Å². The summed E-state index contributed by atoms with van der Waals surface area (Å²) >= 11 is 0. The monoisotopic (exact) mass is 223 g/mol. The van der Waals surface area contributed by atoms with Gasteiger partial charge in [-0.15, -0.1) is 0 Å². The number of rotatable bonds is 1. The van der Waals surface area contributed by atoms with Crippen LogP contribution in [0.5, 0.6) is 0 Å². The van der Waals surface area contributed by atoms with Crippen LogP contribution in [-0.4, -0.2) is 49.5 Å². The van der Waals surface area contributed by atoms with E-state index in [9.17, 15) is 17.9 Å². The van der Waals surface area contributed by atoms with Gasteiger partial charge in [0.25, 0.3) is 0 Å². The molecule has 1 heterocycles. The number of halogens is 1. The van der Waals surface area contributed by atoms with Crippen molar-refractivity contribution in [3.8, 4) is 0 Å². The van der Waals surface area contributed by atoms with E-state index in [-0.39, 0.29) is 24.8 Å². The topological polar surface area (TPSA) is 57.6 Å². The van der Waals surface area contributed by atoms with Gasteiger partial charge in [0.2, 0.25) is 10.0 Å². The molecule has 14 heavy (non-hydrogen) atoms. The summed E-state index contributed by atoms with van der Waals surface area (Å²) in [6.07, 6.45) is -0.718. The fraction of sp³-hybridized carbons (Fsp3) is 1.00. The Hall–Kier alpha value is -0.200. The Balaban J connectivity index is 2.12. The van der Waals surface area contributed by atoms with E-state index >= 15 is 0 Å². The van der Waals surface area contributed by atoms with Crippen LogP contribution in [0.25, 0.3) is 0 Å². The van der Waals surface area contributed by atoms with Gasteiger partial charge in [0.15, 0.2) is 0 Å². The Labute approximate surface area is 82.8 Å². The van der Waals surface area contributed by atoms with Crippen molar-refractivity contribution in [1.29, 1.82) is 0 Å². The first-order valence-corrected chi connectivity index (χ1v) is 6.51. The lowest BCUT2D eigenvalue weighted by Crippen LogP contribution is -2.32. The quantitative estimate of drug-likeness (QED) is 0.658. The molecule has 2 fully saturated rings. The molecule has 82 valence electrons. The van der Waals surface area contributed by atoms with Crippen molar-refractivity contribution >= 4 is 10.0 Å². The lowest BCUT2D eigenvalue weighted by atomic mass is 10.00. The zero-order valence-electron chi connectivity index (χ0n) is 7.93. The molecule has 2 rings (SSSR count). The molecule has 0 unspecified atom stereocenters. The normalized spacial score (nSPS) is 44.2. The van der Waals surface area contributed by atoms with Crippen LogP contribution in [0.15, 0.2) is 0 Å². The summed E-state index contributed by atoms with van der Waals surface area (Å²) in [7, 11) is -3.19. The number of aliphatic hydroxyl groups is 1. The number of hydrogen-bond acceptors (Lipinski definition) is 3. The average Bonchev–Trinajstić information content (AvgIpc) is 2.54. The maximum absolute atomic E-state index is 13.0. The minimum absolute atomic E-state index is 0.00488. The molecule has 4 atom stereocenters. The van der Waals surface area contributed by atoms with Gasteiger partial charge in [-0.3, -0.25) is 0 Å². The standard InChI is InChI=1S/C8H14FNO3S/c1-14(12,13)10-3-5-2-7(9)8(11)6(5)4-10/h5-8,11H,2-4H2,1H3/t5-,6+,7-,8+/m0/s1. The van der Waals surface area contributed by atoms with Gasteiger partial charge < -0.3 is 5.11 Å². The Kier molecular flexibility index (Phi) is 2.32. The predicted octanol–water partition coefficient (Wildman–Crippen LogP) is -0.403. The number of hydrogen-bond donors (Lipinski definition) is 1. The van der Waals surface area contributed by atoms with Gasteiger partial charge in [0, 0.05) is 19.0 Å². The van der Waals surface area contributed by atoms with Crippen molar-refractivity contribution in [1.82, 2.24) is 4.31 Å². The Morgan fingerprint density at radius 1 is 1.43 bits per heavy atom. The van der Waals surface area contributed by atoms with Crippen molar-refractivity contribution in [3.05, 3.63) is 0 Å². The van der Waals surface area contributed by atoms with Crippen LogP contribution in [0, 0.1) is 11.8 Å². The third kappa shape index (κ3) is 1.55. The molecule has 1 saturated heterocycles. The van der Waals surface area contributed by atoms with E-state index in [1.807, 2.05) is 0 Å². The van der Waals surface area contributed by atoms with Crippen molar-refractivity contribution in [3.63, 3.8) is 0 Å². The van der Waals surface area contributed by atoms with Gasteiger partial charge in [-0.1, -0.05) is 0 Å². The van der Waals surface area contributed by atoms with Crippen molar-refractivity contribution in [2.45, 2.75) is 18.7 Å². The van der Waals surface area contributed by atoms with Crippen LogP contribution in [0.2, 0.25) is 0 Å². The first kappa shape index (κ1) is 10.3. The summed E-state index contributed by atoms with van der Waals surface area (Å²) in [5.74, 6) is -0.213. The average molecular weight is 223 g/mol. The van der Waals surface area contributed by atoms with E-state index in [1.54, 1.807) is 0 Å². The summed E-state index contributed by atoms with van der Waals surface area (Å²) in [4.78, 5) is 0. The van der Waals surface area contributed by atoms with Crippen LogP contribution < -0.4 is 0 Å². The third-order valence-corrected chi connectivity index (χ3v) is 4.50. The highest BCUT2D eigenvalue weighted by Crippen LogP contribution is 2.40. The van der Waals surface area contributed by atoms with Gasteiger partial charge in [-0.2, -0.15) is 0 Å². The molecule has 1 saturated carbocycles. The van der Waals surface area contributed by atoms with Gasteiger partial charge in [0.05, 0.1) is 12.4 Å². The molecule has 1 aliphatic carbocycles. The lowest BCUT2D eigenvalue weighted by Gasteiger charge is -2.16. The highest BCUT2D eigenvalue weighted by Gasteiger charge is 2.49. The third-order valence-electron chi connectivity index (χ3n) is 3.26. The molecule has 1 aliphatic heterocycles. The van der Waals surface area contributed by atoms with Gasteiger partial charge >= 0.3 is 0 Å². The highest BCUT2D eigenvalue weighted by molar-refractivity contribution is 7.88. The van der Waals surface area contributed by atoms with Crippen LogP contribution in [0.1, 0.15) is 6.42 Å². The number of alkyl halides is 1. The van der Waals surface area contributed by atoms with Gasteiger partial charge in [-0.25, -0.2) is 17.1 Å². The largest absolute Gasteiger partial charge is 0.390 e. The van der Waals surface area contributed by atoms with E-state index in [1.165, 1.54) is 4.31 Å². The van der Waals surface area contributed by atoms with Gasteiger partial charge in [-0.05, 0) is 12.3 Å². The molecular weight excluding hydrogens is 209 g/mol. The van der Waals surface area contributed by atoms with Crippen LogP contribution in [0.3, 0.4) is 0 Å². The lowest BCUT2D eigenvalue weighted by molar-refractivity contribution is 0.0680. The predicted molar refractivity (Wildman–Crippen MR) is 48.9 cm³/mol. The molecule has 0 aromatic rings. The summed E-state index contributed by atoms with van der Waals surface area (Å²) in [6.45, 7) is 0.631. The van der Waals surface area contributed by atoms with E-state index in [0.29, 0.717) is 6.54 Å². The summed E-state index contributed by atoms with van der Waals surface area (Å²) in [5, 5.41) is 9.45. The summed E-state index contributed by atoms with van der Waals surface area (Å²) in [5.41, 5.74) is 0. The van der Waals surface area contributed by atoms with Gasteiger partial charge in [0.1, 0.15) is 6.17 Å². The molecule has 0 aromatic heterocycles. The second-order valence-electron chi connectivity index (χ2n) is 4.25. The maximum atomic E-state index is 13.0. The minimum Gasteiger partial charge on any atom is -0.390 e. The number of sulfonamides is 1. The number of nitrogens with zero attached hydrogens (tertiary/aromatic N) is 1. The number of aliphatic hydroxyl groups excluding tert-OH is 1. The number of fused-ring (bicyclic) bond motifs is 1. The summed E-state index contributed by atoms with van der Waals surface area (Å²) in [6, 6.07) is 0. The Bertz CT molecular complexity index is 331.